The normalized spacial score (nSPS) is 26.8. The summed E-state index contributed by atoms with van der Waals surface area (Å²) < 4.78 is 35.4. The molecule has 4 aromatic rings. The number of benzene rings is 1. The van der Waals surface area contributed by atoms with Gasteiger partial charge in [-0.05, 0) is 94.7 Å². The number of aromatic nitrogens is 5. The molecule has 3 atom stereocenters. The molecule has 13 heteroatoms. The van der Waals surface area contributed by atoms with Crippen molar-refractivity contribution in [2.45, 2.75) is 102 Å². The first-order valence-electron chi connectivity index (χ1n) is 19.3. The Morgan fingerprint density at radius 3 is 2.67 bits per heavy atom. The third-order valence-electron chi connectivity index (χ3n) is 13.4. The molecule has 2 saturated heterocycles. The van der Waals surface area contributed by atoms with Crippen LogP contribution in [0.15, 0.2) is 12.3 Å². The van der Waals surface area contributed by atoms with E-state index in [2.05, 4.69) is 15.1 Å². The Balaban J connectivity index is 1.10. The van der Waals surface area contributed by atoms with Gasteiger partial charge in [0, 0.05) is 46.6 Å². The predicted octanol–water partition coefficient (Wildman–Crippen LogP) is 7.00. The summed E-state index contributed by atoms with van der Waals surface area (Å²) in [5.74, 6) is -0.0725. The molecule has 1 spiro atoms. The van der Waals surface area contributed by atoms with Crippen molar-refractivity contribution in [2.24, 2.45) is 10.8 Å². The van der Waals surface area contributed by atoms with Crippen LogP contribution in [0.5, 0.6) is 11.9 Å². The number of hydrogen-bond donors (Lipinski definition) is 2. The summed E-state index contributed by atoms with van der Waals surface area (Å²) in [6.07, 6.45) is 16.2. The molecule has 3 unspecified atom stereocenters. The molecule has 2 N–H and O–H groups in total. The number of ether oxygens (including phenoxy) is 3. The van der Waals surface area contributed by atoms with Crippen molar-refractivity contribution >= 4 is 39.2 Å². The molecule has 5 aliphatic rings. The highest BCUT2D eigenvalue weighted by atomic mass is 35.5. The van der Waals surface area contributed by atoms with Crippen molar-refractivity contribution in [3.8, 4) is 23.1 Å². The molecule has 0 bridgehead atoms. The fourth-order valence-electron chi connectivity index (χ4n) is 10.5. The number of nitrogens with zero attached hydrogens (tertiary/aromatic N) is 6. The van der Waals surface area contributed by atoms with Crippen LogP contribution in [0.4, 0.5) is 10.2 Å². The number of pyridine rings is 1. The van der Waals surface area contributed by atoms with Crippen LogP contribution in [-0.4, -0.2) is 99.9 Å². The summed E-state index contributed by atoms with van der Waals surface area (Å²) in [6, 6.07) is 3.01. The summed E-state index contributed by atoms with van der Waals surface area (Å²) in [5.41, 5.74) is 2.58. The number of nitrogens with one attached hydrogen (secondary N) is 1. The number of aliphatic hydroxyl groups is 1. The Hall–Kier alpha value is -3.32. The van der Waals surface area contributed by atoms with E-state index in [9.17, 15) is 5.11 Å². The van der Waals surface area contributed by atoms with Crippen molar-refractivity contribution in [1.82, 2.24) is 30.0 Å². The first-order chi connectivity index (χ1) is 25.3. The number of halogens is 2. The van der Waals surface area contributed by atoms with Crippen LogP contribution >= 0.6 is 11.6 Å². The molecule has 3 aromatic heterocycles. The number of H-pyrrole nitrogens is 1. The number of likely N-dealkylation sites (tertiary alicyclic amines) is 1. The first-order valence-corrected chi connectivity index (χ1v) is 19.6. The SMILES string of the molecule is COc1nc(-c2c(C)c(Cl)cc3[nH]ncc23)c(F)c2nc(OCC34CCCC3N(C3CCC5(CCC5)CC3)CCC4)nc(N3CCOCC(O)C3)c12. The highest BCUT2D eigenvalue weighted by Gasteiger charge is 2.51. The van der Waals surface area contributed by atoms with Crippen molar-refractivity contribution in [1.29, 1.82) is 0 Å². The van der Waals surface area contributed by atoms with E-state index in [4.69, 9.17) is 40.8 Å². The molecular weight excluding hydrogens is 685 g/mol. The molecule has 0 radical (unpaired) electrons. The topological polar surface area (TPSA) is 122 Å². The fraction of sp³-hybridized carbons (Fsp3) is 0.641. The minimum atomic E-state index is -0.756. The zero-order valence-corrected chi connectivity index (χ0v) is 31.0. The standard InChI is InChI=1S/C39H49ClFN7O4/c1-23-27(40)18-28-26(19-42-46-28)30(23)33-32(41)34-31(36(43-33)50-2)35(47-16-17-51-21-25(49)20-47)45-37(44-34)52-22-39-11-3-6-29(39)48(15-5-12-39)24-7-13-38(14-8-24)9-4-10-38/h18-19,24-25,29,49H,3-17,20-22H2,1-2H3,(H,42,46). The maximum atomic E-state index is 17.2. The summed E-state index contributed by atoms with van der Waals surface area (Å²) in [7, 11) is 1.50. The van der Waals surface area contributed by atoms with E-state index in [-0.39, 0.29) is 41.7 Å². The maximum Gasteiger partial charge on any atom is 0.319 e. The van der Waals surface area contributed by atoms with Gasteiger partial charge >= 0.3 is 6.01 Å². The summed E-state index contributed by atoms with van der Waals surface area (Å²) in [6.45, 7) is 4.72. The van der Waals surface area contributed by atoms with Gasteiger partial charge in [0.2, 0.25) is 5.88 Å². The molecule has 9 rings (SSSR count). The smallest absolute Gasteiger partial charge is 0.319 e. The van der Waals surface area contributed by atoms with Crippen LogP contribution in [-0.2, 0) is 4.74 Å². The molecule has 5 heterocycles. The summed E-state index contributed by atoms with van der Waals surface area (Å²) in [5, 5.41) is 19.3. The van der Waals surface area contributed by atoms with E-state index in [1.54, 1.807) is 12.3 Å². The van der Waals surface area contributed by atoms with Crippen LogP contribution < -0.4 is 14.4 Å². The van der Waals surface area contributed by atoms with Gasteiger partial charge in [0.05, 0.1) is 44.7 Å². The Morgan fingerprint density at radius 2 is 1.88 bits per heavy atom. The number of β-amino-alcohol motifs (C(OH)–C–C–N with tert-alkyl or cyclic N) is 1. The second kappa shape index (κ2) is 13.5. The van der Waals surface area contributed by atoms with Crippen LogP contribution in [0.3, 0.4) is 0 Å². The number of rotatable bonds is 7. The van der Waals surface area contributed by atoms with Gasteiger partial charge in [0.1, 0.15) is 22.4 Å². The first kappa shape index (κ1) is 34.4. The number of aliphatic hydroxyl groups excluding tert-OH is 1. The van der Waals surface area contributed by atoms with Crippen molar-refractivity contribution < 1.29 is 23.7 Å². The van der Waals surface area contributed by atoms with Crippen molar-refractivity contribution in [2.75, 3.05) is 51.5 Å². The van der Waals surface area contributed by atoms with E-state index in [0.29, 0.717) is 75.5 Å². The van der Waals surface area contributed by atoms with Gasteiger partial charge in [-0.1, -0.05) is 24.4 Å². The fourth-order valence-corrected chi connectivity index (χ4v) is 10.7. The van der Waals surface area contributed by atoms with Crippen LogP contribution in [0.1, 0.15) is 82.6 Å². The minimum Gasteiger partial charge on any atom is -0.480 e. The Labute approximate surface area is 308 Å². The van der Waals surface area contributed by atoms with E-state index < -0.39 is 11.9 Å². The molecule has 278 valence electrons. The van der Waals surface area contributed by atoms with Gasteiger partial charge in [0.15, 0.2) is 5.82 Å². The highest BCUT2D eigenvalue weighted by molar-refractivity contribution is 6.33. The predicted molar refractivity (Wildman–Crippen MR) is 198 cm³/mol. The largest absolute Gasteiger partial charge is 0.480 e. The molecule has 2 aliphatic heterocycles. The lowest BCUT2D eigenvalue weighted by Gasteiger charge is -2.53. The average molecular weight is 734 g/mol. The van der Waals surface area contributed by atoms with E-state index >= 15 is 4.39 Å². The second-order valence-corrected chi connectivity index (χ2v) is 16.6. The maximum absolute atomic E-state index is 17.2. The molecule has 11 nitrogen and oxygen atoms in total. The minimum absolute atomic E-state index is 0.000596. The summed E-state index contributed by atoms with van der Waals surface area (Å²) >= 11 is 6.64. The lowest BCUT2D eigenvalue weighted by atomic mass is 9.59. The lowest BCUT2D eigenvalue weighted by Crippen LogP contribution is -2.56. The van der Waals surface area contributed by atoms with Gasteiger partial charge in [-0.15, -0.1) is 0 Å². The van der Waals surface area contributed by atoms with Gasteiger partial charge in [-0.2, -0.15) is 15.1 Å². The number of anilines is 1. The molecule has 3 saturated carbocycles. The molecule has 3 aliphatic carbocycles. The second-order valence-electron chi connectivity index (χ2n) is 16.2. The number of aromatic amines is 1. The van der Waals surface area contributed by atoms with Gasteiger partial charge in [0.25, 0.3) is 0 Å². The Kier molecular flexibility index (Phi) is 8.95. The van der Waals surface area contributed by atoms with Crippen molar-refractivity contribution in [3.05, 3.63) is 28.7 Å². The van der Waals surface area contributed by atoms with E-state index in [1.165, 1.54) is 64.9 Å². The molecule has 52 heavy (non-hydrogen) atoms. The Bertz CT molecular complexity index is 1980. The zero-order chi connectivity index (χ0) is 35.6. The molecule has 1 aromatic carbocycles. The van der Waals surface area contributed by atoms with Crippen LogP contribution in [0.2, 0.25) is 5.02 Å². The number of hydrogen-bond acceptors (Lipinski definition) is 10. The van der Waals surface area contributed by atoms with Gasteiger partial charge in [-0.3, -0.25) is 10.00 Å². The van der Waals surface area contributed by atoms with Crippen LogP contribution in [0, 0.1) is 23.6 Å². The molecule has 5 fully saturated rings. The third kappa shape index (κ3) is 5.79. The van der Waals surface area contributed by atoms with Gasteiger partial charge in [-0.25, -0.2) is 9.37 Å². The quantitative estimate of drug-likeness (QED) is 0.205. The van der Waals surface area contributed by atoms with Crippen LogP contribution in [0.25, 0.3) is 33.1 Å². The van der Waals surface area contributed by atoms with Crippen molar-refractivity contribution in [3.63, 3.8) is 0 Å². The number of fused-ring (bicyclic) bond motifs is 3. The average Bonchev–Trinajstić information content (AvgIpc) is 3.73. The Morgan fingerprint density at radius 1 is 1.06 bits per heavy atom. The molecular formula is C39H49ClFN7O4. The van der Waals surface area contributed by atoms with Gasteiger partial charge < -0.3 is 24.2 Å². The summed E-state index contributed by atoms with van der Waals surface area (Å²) in [4.78, 5) is 19.2. The van der Waals surface area contributed by atoms with E-state index in [0.717, 1.165) is 25.8 Å². The highest BCUT2D eigenvalue weighted by Crippen LogP contribution is 2.55. The monoisotopic (exact) mass is 733 g/mol. The third-order valence-corrected chi connectivity index (χ3v) is 13.8. The number of methoxy groups -OCH3 is 1. The van der Waals surface area contributed by atoms with E-state index in [1.807, 2.05) is 11.8 Å². The lowest BCUT2D eigenvalue weighted by molar-refractivity contribution is -0.0491. The zero-order valence-electron chi connectivity index (χ0n) is 30.2. The number of piperidine rings is 1. The molecule has 0 amide bonds.